The molecule has 5 nitrogen and oxygen atoms in total. The molecule has 1 aromatic heterocycles. The Morgan fingerprint density at radius 1 is 1.40 bits per heavy atom. The number of ether oxygens (including phenoxy) is 1. The number of rotatable bonds is 6. The number of nitrogens with one attached hydrogen (secondary N) is 1. The zero-order valence-electron chi connectivity index (χ0n) is 10.8. The molecule has 0 aliphatic heterocycles. The number of aromatic hydroxyl groups is 1. The molecule has 0 aliphatic carbocycles. The third kappa shape index (κ3) is 3.92. The number of aromatic nitrogens is 2. The van der Waals surface area contributed by atoms with E-state index in [0.717, 1.165) is 0 Å². The summed E-state index contributed by atoms with van der Waals surface area (Å²) in [6.45, 7) is 1.18. The monoisotopic (exact) mass is 298 g/mol. The Labute approximate surface area is 111 Å². The van der Waals surface area contributed by atoms with Crippen LogP contribution in [0.2, 0.25) is 0 Å². The number of halogens is 4. The topological polar surface area (TPSA) is 75.2 Å². The molecule has 9 heteroatoms. The predicted molar refractivity (Wildman–Crippen MR) is 61.2 cm³/mol. The Morgan fingerprint density at radius 2 is 2.00 bits per heavy atom. The lowest BCUT2D eigenvalue weighted by Crippen LogP contribution is -2.32. The van der Waals surface area contributed by atoms with Crippen molar-refractivity contribution in [1.82, 2.24) is 9.97 Å². The van der Waals surface area contributed by atoms with Crippen LogP contribution in [0.3, 0.4) is 0 Å². The van der Waals surface area contributed by atoms with Gasteiger partial charge in [-0.25, -0.2) is 8.78 Å². The highest BCUT2D eigenvalue weighted by molar-refractivity contribution is 5.25. The van der Waals surface area contributed by atoms with Crippen LogP contribution in [0.4, 0.5) is 17.6 Å². The summed E-state index contributed by atoms with van der Waals surface area (Å²) in [4.78, 5) is 17.4. The van der Waals surface area contributed by atoms with E-state index in [2.05, 4.69) is 14.7 Å². The lowest BCUT2D eigenvalue weighted by Gasteiger charge is -2.15. The SMILES string of the molecule is CC(C)c1c(O)nc(COCC(F)(F)C(F)F)[nH]c1=O. The quantitative estimate of drug-likeness (QED) is 0.788. The highest BCUT2D eigenvalue weighted by Crippen LogP contribution is 2.23. The molecule has 20 heavy (non-hydrogen) atoms. The van der Waals surface area contributed by atoms with Crippen LogP contribution < -0.4 is 5.56 Å². The van der Waals surface area contributed by atoms with Gasteiger partial charge < -0.3 is 14.8 Å². The molecule has 0 saturated heterocycles. The van der Waals surface area contributed by atoms with E-state index < -0.39 is 37.0 Å². The van der Waals surface area contributed by atoms with Crippen molar-refractivity contribution in [2.45, 2.75) is 38.7 Å². The maximum absolute atomic E-state index is 12.6. The van der Waals surface area contributed by atoms with Gasteiger partial charge in [-0.3, -0.25) is 4.79 Å². The first-order chi connectivity index (χ1) is 9.15. The zero-order valence-corrected chi connectivity index (χ0v) is 10.8. The largest absolute Gasteiger partial charge is 0.493 e. The second-order valence-corrected chi connectivity index (χ2v) is 4.46. The number of hydrogen-bond donors (Lipinski definition) is 2. The Kier molecular flexibility index (Phi) is 5.09. The zero-order chi connectivity index (χ0) is 15.5. The molecule has 2 N–H and O–H groups in total. The minimum atomic E-state index is -4.28. The predicted octanol–water partition coefficient (Wildman–Crippen LogP) is 2.02. The van der Waals surface area contributed by atoms with Gasteiger partial charge in [0, 0.05) is 0 Å². The molecule has 0 radical (unpaired) electrons. The summed E-state index contributed by atoms with van der Waals surface area (Å²) in [5.41, 5.74) is -0.585. The van der Waals surface area contributed by atoms with Gasteiger partial charge in [0.2, 0.25) is 5.88 Å². The maximum atomic E-state index is 12.6. The highest BCUT2D eigenvalue weighted by atomic mass is 19.3. The fourth-order valence-corrected chi connectivity index (χ4v) is 1.45. The van der Waals surface area contributed by atoms with Gasteiger partial charge in [0.05, 0.1) is 5.56 Å². The van der Waals surface area contributed by atoms with E-state index in [4.69, 9.17) is 0 Å². The van der Waals surface area contributed by atoms with E-state index in [1.54, 1.807) is 13.8 Å². The Balaban J connectivity index is 2.74. The summed E-state index contributed by atoms with van der Waals surface area (Å²) in [7, 11) is 0. The van der Waals surface area contributed by atoms with Crippen LogP contribution in [0.25, 0.3) is 0 Å². The van der Waals surface area contributed by atoms with Crippen molar-refractivity contribution in [1.29, 1.82) is 0 Å². The van der Waals surface area contributed by atoms with Gasteiger partial charge in [-0.2, -0.15) is 13.8 Å². The summed E-state index contributed by atoms with van der Waals surface area (Å²) in [6, 6.07) is 0. The molecule has 0 amide bonds. The van der Waals surface area contributed by atoms with Crippen LogP contribution in [0.15, 0.2) is 4.79 Å². The van der Waals surface area contributed by atoms with Crippen LogP contribution in [0, 0.1) is 0 Å². The first-order valence-corrected chi connectivity index (χ1v) is 5.71. The number of aromatic amines is 1. The average molecular weight is 298 g/mol. The molecule has 1 rings (SSSR count). The van der Waals surface area contributed by atoms with Crippen molar-refractivity contribution < 1.29 is 27.4 Å². The Bertz CT molecular complexity index is 517. The molecule has 0 aliphatic rings. The average Bonchev–Trinajstić information content (AvgIpc) is 2.26. The molecular formula is C11H14F4N2O3. The van der Waals surface area contributed by atoms with E-state index >= 15 is 0 Å². The third-order valence-electron chi connectivity index (χ3n) is 2.41. The van der Waals surface area contributed by atoms with Crippen molar-refractivity contribution in [2.24, 2.45) is 0 Å². The first-order valence-electron chi connectivity index (χ1n) is 5.71. The van der Waals surface area contributed by atoms with Gasteiger partial charge >= 0.3 is 12.3 Å². The molecule has 0 aromatic carbocycles. The molecule has 0 saturated carbocycles. The van der Waals surface area contributed by atoms with E-state index in [0.29, 0.717) is 0 Å². The summed E-state index contributed by atoms with van der Waals surface area (Å²) in [5, 5.41) is 9.54. The normalized spacial score (nSPS) is 12.4. The van der Waals surface area contributed by atoms with E-state index in [-0.39, 0.29) is 17.3 Å². The lowest BCUT2D eigenvalue weighted by molar-refractivity contribution is -0.168. The van der Waals surface area contributed by atoms with Crippen molar-refractivity contribution in [3.8, 4) is 5.88 Å². The van der Waals surface area contributed by atoms with Gasteiger partial charge in [-0.1, -0.05) is 13.8 Å². The number of alkyl halides is 4. The number of nitrogens with zero attached hydrogens (tertiary/aromatic N) is 1. The van der Waals surface area contributed by atoms with Crippen LogP contribution in [0.1, 0.15) is 31.2 Å². The van der Waals surface area contributed by atoms with Gasteiger partial charge in [0.1, 0.15) is 19.0 Å². The van der Waals surface area contributed by atoms with Gasteiger partial charge in [-0.15, -0.1) is 0 Å². The van der Waals surface area contributed by atoms with E-state index in [9.17, 15) is 27.5 Å². The van der Waals surface area contributed by atoms with Crippen molar-refractivity contribution in [3.05, 3.63) is 21.7 Å². The number of hydrogen-bond acceptors (Lipinski definition) is 4. The van der Waals surface area contributed by atoms with Crippen molar-refractivity contribution >= 4 is 0 Å². The standard InChI is InChI=1S/C11H14F4N2O3/c1-5(2)7-8(18)16-6(17-9(7)19)3-20-4-11(14,15)10(12)13/h5,10H,3-4H2,1-2H3,(H2,16,17,18,19). The van der Waals surface area contributed by atoms with Crippen LogP contribution in [0.5, 0.6) is 5.88 Å². The van der Waals surface area contributed by atoms with Crippen LogP contribution in [-0.4, -0.2) is 34.0 Å². The molecule has 0 bridgehead atoms. The molecule has 1 aromatic rings. The Hall–Kier alpha value is -1.64. The van der Waals surface area contributed by atoms with Gasteiger partial charge in [0.15, 0.2) is 0 Å². The smallest absolute Gasteiger partial charge is 0.330 e. The van der Waals surface area contributed by atoms with Crippen molar-refractivity contribution in [2.75, 3.05) is 6.61 Å². The minimum absolute atomic E-state index is 0.0478. The minimum Gasteiger partial charge on any atom is -0.493 e. The fraction of sp³-hybridized carbons (Fsp3) is 0.636. The third-order valence-corrected chi connectivity index (χ3v) is 2.41. The molecule has 0 spiro atoms. The molecule has 1 heterocycles. The van der Waals surface area contributed by atoms with Crippen LogP contribution >= 0.6 is 0 Å². The van der Waals surface area contributed by atoms with Crippen molar-refractivity contribution in [3.63, 3.8) is 0 Å². The summed E-state index contributed by atoms with van der Waals surface area (Å²) >= 11 is 0. The van der Waals surface area contributed by atoms with Gasteiger partial charge in [-0.05, 0) is 5.92 Å². The van der Waals surface area contributed by atoms with Gasteiger partial charge in [0.25, 0.3) is 5.56 Å². The molecular weight excluding hydrogens is 284 g/mol. The lowest BCUT2D eigenvalue weighted by atomic mass is 10.1. The second kappa shape index (κ2) is 6.21. The first kappa shape index (κ1) is 16.4. The fourth-order valence-electron chi connectivity index (χ4n) is 1.45. The summed E-state index contributed by atoms with van der Waals surface area (Å²) in [6.07, 6.45) is -3.84. The molecule has 0 unspecified atom stereocenters. The summed E-state index contributed by atoms with van der Waals surface area (Å²) in [5.74, 6) is -5.32. The maximum Gasteiger partial charge on any atom is 0.330 e. The second-order valence-electron chi connectivity index (χ2n) is 4.46. The summed E-state index contributed by atoms with van der Waals surface area (Å²) < 4.78 is 53.2. The van der Waals surface area contributed by atoms with Crippen LogP contribution in [-0.2, 0) is 11.3 Å². The molecule has 114 valence electrons. The van der Waals surface area contributed by atoms with E-state index in [1.807, 2.05) is 0 Å². The van der Waals surface area contributed by atoms with E-state index in [1.165, 1.54) is 0 Å². The number of H-pyrrole nitrogens is 1. The highest BCUT2D eigenvalue weighted by Gasteiger charge is 2.41. The molecule has 0 atom stereocenters. The Morgan fingerprint density at radius 3 is 2.45 bits per heavy atom. The molecule has 0 fully saturated rings.